The maximum atomic E-state index is 14.7. The maximum Gasteiger partial charge on any atom is 0.340 e. The standard InChI is InChI=1S/C38H46O9.C27H42O3/c1-21(2)11-10-18-36(8)19-17-24-29(39)28-30(40)26-12-9-13-27-35(6,7)47-37(34(43)44,20-16-23(5)33(41)42)38(26,27)46-32(28)25(31(24)45-36)15-14-22(3)4;1-16-7-12-27(29-15-16)17(2)24-23(30-27)14-22-20-6-5-18-13-19(28)8-10-25(18,3)21(20)9-11-26(22,24)4/h11-12,14,16-17,19,27,39H,9-10,13,15,18,20H2,1-8H3,(H,41,42)(H,43,44);9,16-20,22-24,28H,5-8,10-15H2,1-4H3. The van der Waals surface area contributed by atoms with Crippen LogP contribution >= 0.6 is 0 Å². The normalized spacial score (nSPS) is 40.7. The molecule has 1 aromatic carbocycles. The topological polar surface area (TPSA) is 178 Å². The summed E-state index contributed by atoms with van der Waals surface area (Å²) in [6.45, 7) is 25.6. The summed E-state index contributed by atoms with van der Waals surface area (Å²) >= 11 is 0. The molecular weight excluding hydrogens is 973 g/mol. The van der Waals surface area contributed by atoms with Crippen LogP contribution in [-0.4, -0.2) is 85.2 Å². The van der Waals surface area contributed by atoms with E-state index < -0.39 is 46.0 Å². The number of rotatable bonds is 9. The number of Topliss-reactive ketones (excluding diaryl/α,β-unsaturated/α-hetero) is 1. The first-order valence-corrected chi connectivity index (χ1v) is 29.2. The number of aliphatic hydroxyl groups is 1. The van der Waals surface area contributed by atoms with Crippen LogP contribution in [0.25, 0.3) is 6.08 Å². The average Bonchev–Trinajstić information content (AvgIpc) is 4.16. The van der Waals surface area contributed by atoms with Crippen molar-refractivity contribution in [2.75, 3.05) is 6.61 Å². The fourth-order valence-corrected chi connectivity index (χ4v) is 17.2. The van der Waals surface area contributed by atoms with Crippen LogP contribution in [0.1, 0.15) is 194 Å². The van der Waals surface area contributed by atoms with Crippen LogP contribution in [0.2, 0.25) is 0 Å². The van der Waals surface area contributed by atoms with Crippen molar-refractivity contribution in [3.63, 3.8) is 0 Å². The van der Waals surface area contributed by atoms with Gasteiger partial charge in [0.25, 0.3) is 0 Å². The highest BCUT2D eigenvalue weighted by Gasteiger charge is 2.78. The lowest BCUT2D eigenvalue weighted by Gasteiger charge is -2.57. The number of allylic oxidation sites excluding steroid dienone is 7. The van der Waals surface area contributed by atoms with Gasteiger partial charge in [0.15, 0.2) is 17.2 Å². The van der Waals surface area contributed by atoms with Crippen molar-refractivity contribution in [2.45, 2.75) is 220 Å². The molecule has 0 radical (unpaired) electrons. The Morgan fingerprint density at radius 3 is 2.27 bits per heavy atom. The zero-order chi connectivity index (χ0) is 55.6. The van der Waals surface area contributed by atoms with Crippen molar-refractivity contribution in [1.29, 1.82) is 0 Å². The molecule has 3 saturated heterocycles. The Morgan fingerprint density at radius 2 is 1.60 bits per heavy atom. The van der Waals surface area contributed by atoms with Crippen LogP contribution in [0.3, 0.4) is 0 Å². The van der Waals surface area contributed by atoms with E-state index >= 15 is 0 Å². The summed E-state index contributed by atoms with van der Waals surface area (Å²) in [6, 6.07) is 0. The van der Waals surface area contributed by atoms with Gasteiger partial charge in [-0.15, -0.1) is 0 Å². The summed E-state index contributed by atoms with van der Waals surface area (Å²) in [4.78, 5) is 40.0. The third-order valence-electron chi connectivity index (χ3n) is 21.3. The summed E-state index contributed by atoms with van der Waals surface area (Å²) < 4.78 is 33.6. The van der Waals surface area contributed by atoms with Gasteiger partial charge in [-0.25, -0.2) is 9.59 Å². The van der Waals surface area contributed by atoms with E-state index in [-0.39, 0.29) is 46.5 Å². The zero-order valence-electron chi connectivity index (χ0n) is 48.1. The minimum atomic E-state index is -2.16. The Hall–Kier alpha value is -4.49. The SMILES string of the molecule is CC(C)=CCCC1(C)C=Cc2c(O)c3c(c(CC=C(C)C)c2O1)OC12C(=CCCC1C(C)(C)OC2(CC=C(C)C(=O)O)C(=O)O)C3=O.CC1CCC2(OC1)OC1CC3C4CCC5CC(O)CCC5(C)C4=CCC3(C)C1C2C. The van der Waals surface area contributed by atoms with E-state index in [1.165, 1.54) is 57.1 Å². The Bertz CT molecular complexity index is 2770. The van der Waals surface area contributed by atoms with E-state index in [0.29, 0.717) is 83.2 Å². The first-order chi connectivity index (χ1) is 36.2. The van der Waals surface area contributed by atoms with Gasteiger partial charge < -0.3 is 44.1 Å². The lowest BCUT2D eigenvalue weighted by molar-refractivity contribution is -0.272. The van der Waals surface area contributed by atoms with Gasteiger partial charge in [-0.05, 0) is 191 Å². The zero-order valence-corrected chi connectivity index (χ0v) is 48.1. The van der Waals surface area contributed by atoms with Crippen molar-refractivity contribution < 1.29 is 58.5 Å². The van der Waals surface area contributed by atoms with Gasteiger partial charge in [-0.2, -0.15) is 0 Å². The van der Waals surface area contributed by atoms with Gasteiger partial charge in [0.1, 0.15) is 28.4 Å². The number of ketones is 1. The van der Waals surface area contributed by atoms with Gasteiger partial charge in [-0.1, -0.05) is 74.8 Å². The first kappa shape index (κ1) is 55.8. The molecule has 5 aliphatic carbocycles. The Morgan fingerprint density at radius 1 is 0.857 bits per heavy atom. The van der Waals surface area contributed by atoms with Crippen LogP contribution < -0.4 is 9.47 Å². The Balaban J connectivity index is 0.000000191. The smallest absolute Gasteiger partial charge is 0.340 e. The Labute approximate surface area is 457 Å². The maximum absolute atomic E-state index is 14.7. The molecule has 11 rings (SSSR count). The number of hydrogen-bond donors (Lipinski definition) is 4. The highest BCUT2D eigenvalue weighted by molar-refractivity contribution is 6.17. The number of carbonyl (C=O) groups is 3. The summed E-state index contributed by atoms with van der Waals surface area (Å²) in [6.07, 6.45) is 26.7. The first-order valence-electron chi connectivity index (χ1n) is 29.2. The quantitative estimate of drug-likeness (QED) is 0.136. The number of aromatic hydroxyl groups is 1. The molecule has 10 aliphatic rings. The number of phenolic OH excluding ortho intramolecular Hbond substituents is 1. The summed E-state index contributed by atoms with van der Waals surface area (Å²) in [7, 11) is 0. The molecule has 15 atom stereocenters. The molecule has 15 unspecified atom stereocenters. The van der Waals surface area contributed by atoms with E-state index in [1.807, 2.05) is 46.8 Å². The monoisotopic (exact) mass is 1060 g/mol. The van der Waals surface area contributed by atoms with Gasteiger partial charge >= 0.3 is 11.9 Å². The second-order valence-corrected chi connectivity index (χ2v) is 27.2. The summed E-state index contributed by atoms with van der Waals surface area (Å²) in [5.41, 5.74) is -0.209. The number of fused-ring (bicyclic) bond motifs is 9. The van der Waals surface area contributed by atoms with Crippen molar-refractivity contribution in [2.24, 2.45) is 52.3 Å². The molecule has 5 heterocycles. The van der Waals surface area contributed by atoms with Crippen molar-refractivity contribution >= 4 is 23.8 Å². The summed E-state index contributed by atoms with van der Waals surface area (Å²) in [5, 5.41) is 42.7. The molecule has 77 heavy (non-hydrogen) atoms. The van der Waals surface area contributed by atoms with E-state index in [9.17, 15) is 34.8 Å². The molecule has 12 nitrogen and oxygen atoms in total. The fraction of sp³-hybridized carbons (Fsp3) is 0.677. The highest BCUT2D eigenvalue weighted by atomic mass is 16.7. The van der Waals surface area contributed by atoms with E-state index in [4.69, 9.17) is 23.7 Å². The van der Waals surface area contributed by atoms with Crippen LogP contribution in [-0.2, 0) is 30.2 Å². The molecule has 0 amide bonds. The van der Waals surface area contributed by atoms with Crippen molar-refractivity contribution in [1.82, 2.24) is 0 Å². The number of aliphatic carboxylic acids is 2. The van der Waals surface area contributed by atoms with E-state index in [1.54, 1.807) is 31.6 Å². The predicted octanol–water partition coefficient (Wildman–Crippen LogP) is 13.2. The van der Waals surface area contributed by atoms with Crippen molar-refractivity contribution in [3.05, 3.63) is 81.0 Å². The lowest BCUT2D eigenvalue weighted by Crippen LogP contribution is -2.66. The number of phenols is 1. The molecule has 12 heteroatoms. The predicted molar refractivity (Wildman–Crippen MR) is 296 cm³/mol. The van der Waals surface area contributed by atoms with Gasteiger partial charge in [0, 0.05) is 41.4 Å². The van der Waals surface area contributed by atoms with Gasteiger partial charge in [0.05, 0.1) is 30.0 Å². The van der Waals surface area contributed by atoms with Gasteiger partial charge in [0.2, 0.25) is 5.60 Å². The fourth-order valence-electron chi connectivity index (χ4n) is 17.2. The van der Waals surface area contributed by atoms with Crippen LogP contribution in [0.5, 0.6) is 17.2 Å². The molecular formula is C65H88O12. The van der Waals surface area contributed by atoms with Gasteiger partial charge in [-0.3, -0.25) is 4.79 Å². The molecule has 0 aromatic heterocycles. The number of hydrogen-bond acceptors (Lipinski definition) is 10. The van der Waals surface area contributed by atoms with E-state index in [0.717, 1.165) is 49.7 Å². The second-order valence-electron chi connectivity index (χ2n) is 27.2. The molecule has 4 N–H and O–H groups in total. The number of carboxylic acids is 2. The van der Waals surface area contributed by atoms with Crippen LogP contribution in [0.4, 0.5) is 0 Å². The van der Waals surface area contributed by atoms with Crippen LogP contribution in [0.15, 0.2) is 64.3 Å². The molecule has 2 spiro atoms. The molecule has 6 fully saturated rings. The van der Waals surface area contributed by atoms with E-state index in [2.05, 4.69) is 39.8 Å². The largest absolute Gasteiger partial charge is 0.506 e. The number of benzene rings is 1. The number of aliphatic hydroxyl groups excluding tert-OH is 1. The number of carboxylic acid groups (broad SMARTS) is 2. The van der Waals surface area contributed by atoms with Crippen molar-refractivity contribution in [3.8, 4) is 17.2 Å². The summed E-state index contributed by atoms with van der Waals surface area (Å²) in [5.74, 6) is 0.152. The molecule has 5 aliphatic heterocycles. The number of ether oxygens (including phenoxy) is 5. The molecule has 1 aromatic rings. The minimum absolute atomic E-state index is 0.0407. The minimum Gasteiger partial charge on any atom is -0.506 e. The third kappa shape index (κ3) is 8.77. The van der Waals surface area contributed by atoms with Crippen LogP contribution in [0, 0.1) is 52.3 Å². The molecule has 3 saturated carbocycles. The lowest BCUT2D eigenvalue weighted by atomic mass is 9.48. The Kier molecular flexibility index (Phi) is 14.2. The third-order valence-corrected chi connectivity index (χ3v) is 21.3. The average molecular weight is 1060 g/mol. The molecule has 420 valence electrons. The highest BCUT2D eigenvalue weighted by Crippen LogP contribution is 2.70. The number of carbonyl (C=O) groups excluding carboxylic acids is 1. The molecule has 0 bridgehead atoms. The second kappa shape index (κ2) is 19.6.